The van der Waals surface area contributed by atoms with Crippen LogP contribution in [-0.2, 0) is 14.3 Å². The average Bonchev–Trinajstić information content (AvgIpc) is 2.02. The first kappa shape index (κ1) is 11.4. The molecule has 3 nitrogen and oxygen atoms in total. The Morgan fingerprint density at radius 3 is 2.25 bits per heavy atom. The minimum absolute atomic E-state index is 0.0847. The Balaban J connectivity index is 4.22. The lowest BCUT2D eigenvalue weighted by atomic mass is 10.0. The predicted octanol–water partition coefficient (Wildman–Crippen LogP) is 1.75. The molecule has 1 atom stereocenters. The normalized spacial score (nSPS) is 15.8. The maximum Gasteiger partial charge on any atom is 0.338 e. The third-order valence-electron chi connectivity index (χ3n) is 1.90. The van der Waals surface area contributed by atoms with Crippen molar-refractivity contribution >= 4 is 5.97 Å². The molecule has 0 aliphatic heterocycles. The van der Waals surface area contributed by atoms with E-state index in [1.807, 2.05) is 20.8 Å². The van der Waals surface area contributed by atoms with Crippen molar-refractivity contribution in [2.75, 3.05) is 7.11 Å². The molecule has 12 heavy (non-hydrogen) atoms. The van der Waals surface area contributed by atoms with Crippen LogP contribution in [0.25, 0.3) is 0 Å². The molecule has 0 aliphatic carbocycles. The fourth-order valence-electron chi connectivity index (χ4n) is 0.711. The molecule has 0 radical (unpaired) electrons. The third kappa shape index (κ3) is 2.81. The van der Waals surface area contributed by atoms with Crippen molar-refractivity contribution in [2.45, 2.75) is 45.8 Å². The highest BCUT2D eigenvalue weighted by Gasteiger charge is 2.33. The SMILES string of the molecule is CCC(C)(OC)C(=O)OC(C)C. The molecule has 0 aromatic carbocycles. The molecule has 0 fully saturated rings. The smallest absolute Gasteiger partial charge is 0.338 e. The maximum absolute atomic E-state index is 11.4. The average molecular weight is 174 g/mol. The number of hydrogen-bond donors (Lipinski definition) is 0. The van der Waals surface area contributed by atoms with E-state index in [9.17, 15) is 4.79 Å². The van der Waals surface area contributed by atoms with Crippen molar-refractivity contribution in [1.82, 2.24) is 0 Å². The number of methoxy groups -OCH3 is 1. The summed E-state index contributed by atoms with van der Waals surface area (Å²) in [4.78, 5) is 11.4. The zero-order valence-corrected chi connectivity index (χ0v) is 8.51. The number of carbonyl (C=O) groups excluding carboxylic acids is 1. The third-order valence-corrected chi connectivity index (χ3v) is 1.90. The molecule has 1 unspecified atom stereocenters. The highest BCUT2D eigenvalue weighted by molar-refractivity contribution is 5.79. The van der Waals surface area contributed by atoms with Gasteiger partial charge >= 0.3 is 5.97 Å². The van der Waals surface area contributed by atoms with E-state index in [2.05, 4.69) is 0 Å². The van der Waals surface area contributed by atoms with Crippen LogP contribution < -0.4 is 0 Å². The first-order chi connectivity index (χ1) is 5.46. The number of ether oxygens (including phenoxy) is 2. The summed E-state index contributed by atoms with van der Waals surface area (Å²) >= 11 is 0. The molecule has 0 amide bonds. The molecule has 0 bridgehead atoms. The van der Waals surface area contributed by atoms with Gasteiger partial charge in [-0.3, -0.25) is 0 Å². The summed E-state index contributed by atoms with van der Waals surface area (Å²) in [6.45, 7) is 7.27. The summed E-state index contributed by atoms with van der Waals surface area (Å²) in [6.07, 6.45) is 0.535. The molecule has 0 saturated heterocycles. The number of esters is 1. The van der Waals surface area contributed by atoms with Crippen LogP contribution in [0.5, 0.6) is 0 Å². The Morgan fingerprint density at radius 2 is 2.00 bits per heavy atom. The van der Waals surface area contributed by atoms with Crippen LogP contribution in [0.15, 0.2) is 0 Å². The Hall–Kier alpha value is -0.570. The highest BCUT2D eigenvalue weighted by Crippen LogP contribution is 2.16. The monoisotopic (exact) mass is 174 g/mol. The second kappa shape index (κ2) is 4.45. The molecule has 0 saturated carbocycles. The van der Waals surface area contributed by atoms with Crippen molar-refractivity contribution in [1.29, 1.82) is 0 Å². The van der Waals surface area contributed by atoms with E-state index in [1.54, 1.807) is 6.92 Å². The zero-order valence-electron chi connectivity index (χ0n) is 8.51. The molecule has 0 spiro atoms. The zero-order chi connectivity index (χ0) is 9.78. The van der Waals surface area contributed by atoms with Crippen LogP contribution in [0, 0.1) is 0 Å². The van der Waals surface area contributed by atoms with Crippen molar-refractivity contribution in [3.63, 3.8) is 0 Å². The molecule has 0 aromatic rings. The molecule has 0 aromatic heterocycles. The van der Waals surface area contributed by atoms with Crippen molar-refractivity contribution in [3.8, 4) is 0 Å². The van der Waals surface area contributed by atoms with Crippen LogP contribution in [0.4, 0.5) is 0 Å². The summed E-state index contributed by atoms with van der Waals surface area (Å²) in [7, 11) is 1.52. The van der Waals surface area contributed by atoms with Crippen molar-refractivity contribution in [3.05, 3.63) is 0 Å². The number of carbonyl (C=O) groups is 1. The van der Waals surface area contributed by atoms with Gasteiger partial charge in [0.2, 0.25) is 0 Å². The summed E-state index contributed by atoms with van der Waals surface area (Å²) < 4.78 is 10.1. The van der Waals surface area contributed by atoms with Gasteiger partial charge in [-0.25, -0.2) is 4.79 Å². The largest absolute Gasteiger partial charge is 0.461 e. The summed E-state index contributed by atoms with van der Waals surface area (Å²) in [5, 5.41) is 0. The quantitative estimate of drug-likeness (QED) is 0.609. The number of hydrogen-bond acceptors (Lipinski definition) is 3. The molecular weight excluding hydrogens is 156 g/mol. The van der Waals surface area contributed by atoms with Crippen LogP contribution in [0.3, 0.4) is 0 Å². The van der Waals surface area contributed by atoms with Gasteiger partial charge in [-0.05, 0) is 27.2 Å². The standard InChI is InChI=1S/C9H18O3/c1-6-9(4,11-5)8(10)12-7(2)3/h7H,6H2,1-5H3. The van der Waals surface area contributed by atoms with E-state index >= 15 is 0 Å². The second-order valence-electron chi connectivity index (χ2n) is 3.24. The number of rotatable bonds is 4. The summed E-state index contributed by atoms with van der Waals surface area (Å²) in [5.41, 5.74) is -0.787. The van der Waals surface area contributed by atoms with Crippen LogP contribution in [0.2, 0.25) is 0 Å². The van der Waals surface area contributed by atoms with E-state index in [0.29, 0.717) is 6.42 Å². The van der Waals surface area contributed by atoms with Gasteiger partial charge in [-0.15, -0.1) is 0 Å². The van der Waals surface area contributed by atoms with Gasteiger partial charge in [-0.2, -0.15) is 0 Å². The van der Waals surface area contributed by atoms with Gasteiger partial charge in [0, 0.05) is 7.11 Å². The van der Waals surface area contributed by atoms with Gasteiger partial charge < -0.3 is 9.47 Å². The van der Waals surface area contributed by atoms with Gasteiger partial charge in [0.15, 0.2) is 5.60 Å². The lowest BCUT2D eigenvalue weighted by Gasteiger charge is -2.25. The Kier molecular flexibility index (Phi) is 4.24. The summed E-state index contributed by atoms with van der Waals surface area (Å²) in [5.74, 6) is -0.289. The van der Waals surface area contributed by atoms with E-state index in [-0.39, 0.29) is 12.1 Å². The van der Waals surface area contributed by atoms with E-state index in [0.717, 1.165) is 0 Å². The maximum atomic E-state index is 11.4. The van der Waals surface area contributed by atoms with Crippen LogP contribution in [-0.4, -0.2) is 24.8 Å². The van der Waals surface area contributed by atoms with Crippen LogP contribution >= 0.6 is 0 Å². The molecule has 0 rings (SSSR count). The minimum Gasteiger partial charge on any atom is -0.461 e. The fourth-order valence-corrected chi connectivity index (χ4v) is 0.711. The Morgan fingerprint density at radius 1 is 1.50 bits per heavy atom. The lowest BCUT2D eigenvalue weighted by molar-refractivity contribution is -0.171. The van der Waals surface area contributed by atoms with Gasteiger partial charge in [-0.1, -0.05) is 6.92 Å². The second-order valence-corrected chi connectivity index (χ2v) is 3.24. The molecule has 0 heterocycles. The molecule has 3 heteroatoms. The van der Waals surface area contributed by atoms with E-state index in [4.69, 9.17) is 9.47 Å². The Labute approximate surface area is 74.0 Å². The fraction of sp³-hybridized carbons (Fsp3) is 0.889. The van der Waals surface area contributed by atoms with Gasteiger partial charge in [0.25, 0.3) is 0 Å². The Bertz CT molecular complexity index is 148. The van der Waals surface area contributed by atoms with Gasteiger partial charge in [0.05, 0.1) is 6.10 Å². The first-order valence-corrected chi connectivity index (χ1v) is 4.22. The minimum atomic E-state index is -0.787. The van der Waals surface area contributed by atoms with E-state index in [1.165, 1.54) is 7.11 Å². The van der Waals surface area contributed by atoms with Crippen molar-refractivity contribution < 1.29 is 14.3 Å². The topological polar surface area (TPSA) is 35.5 Å². The van der Waals surface area contributed by atoms with E-state index < -0.39 is 5.60 Å². The molecular formula is C9H18O3. The molecule has 72 valence electrons. The lowest BCUT2D eigenvalue weighted by Crippen LogP contribution is -2.39. The highest BCUT2D eigenvalue weighted by atomic mass is 16.6. The molecule has 0 N–H and O–H groups in total. The van der Waals surface area contributed by atoms with Crippen molar-refractivity contribution in [2.24, 2.45) is 0 Å². The van der Waals surface area contributed by atoms with Gasteiger partial charge in [0.1, 0.15) is 0 Å². The van der Waals surface area contributed by atoms with Crippen LogP contribution in [0.1, 0.15) is 34.1 Å². The first-order valence-electron chi connectivity index (χ1n) is 4.22. The predicted molar refractivity (Wildman–Crippen MR) is 46.9 cm³/mol. The summed E-state index contributed by atoms with van der Waals surface area (Å²) in [6, 6.07) is 0. The molecule has 0 aliphatic rings.